The number of hydrogen-bond acceptors (Lipinski definition) is 7. The SMILES string of the molecule is CCCCCCCCCCCCCCCCCCOCC(OCCCCCCCCCCCCCCCCCC)C(C)OC(=O)ON1C(=O)CCC1=O. The van der Waals surface area contributed by atoms with Gasteiger partial charge in [-0.25, -0.2) is 4.79 Å². The standard InChI is InChI=1S/C45H85NO7/c1-4-6-8-10-12-14-16-18-20-22-24-26-28-30-32-34-38-50-40-42(41(3)52-45(49)53-46-43(47)36-37-44(46)48)51-39-35-33-31-29-27-25-23-21-19-17-15-13-11-9-7-5-2/h41-42H,4-40H2,1-3H3. The summed E-state index contributed by atoms with van der Waals surface area (Å²) < 4.78 is 17.6. The molecular formula is C45H85NO7. The summed E-state index contributed by atoms with van der Waals surface area (Å²) in [5, 5.41) is 0.509. The fourth-order valence-corrected chi connectivity index (χ4v) is 7.14. The Hall–Kier alpha value is -1.67. The number of hydrogen-bond donors (Lipinski definition) is 0. The Bertz CT molecular complexity index is 837. The first kappa shape index (κ1) is 49.3. The van der Waals surface area contributed by atoms with Crippen molar-refractivity contribution in [3.63, 3.8) is 0 Å². The van der Waals surface area contributed by atoms with Crippen molar-refractivity contribution < 1.29 is 33.4 Å². The summed E-state index contributed by atoms with van der Waals surface area (Å²) in [6.45, 7) is 7.82. The van der Waals surface area contributed by atoms with Crippen LogP contribution in [0, 0.1) is 0 Å². The molecule has 1 heterocycles. The highest BCUT2D eigenvalue weighted by Gasteiger charge is 2.34. The van der Waals surface area contributed by atoms with E-state index in [1.807, 2.05) is 0 Å². The van der Waals surface area contributed by atoms with Crippen LogP contribution < -0.4 is 0 Å². The van der Waals surface area contributed by atoms with Crippen molar-refractivity contribution in [3.8, 4) is 0 Å². The fraction of sp³-hybridized carbons (Fsp3) is 0.933. The molecule has 2 atom stereocenters. The van der Waals surface area contributed by atoms with Crippen LogP contribution in [-0.4, -0.2) is 55.1 Å². The van der Waals surface area contributed by atoms with E-state index >= 15 is 0 Å². The molecule has 0 aromatic heterocycles. The molecule has 1 aliphatic rings. The first-order valence-corrected chi connectivity index (χ1v) is 22.9. The van der Waals surface area contributed by atoms with Gasteiger partial charge in [-0.1, -0.05) is 212 Å². The molecule has 1 fully saturated rings. The van der Waals surface area contributed by atoms with Crippen molar-refractivity contribution in [3.05, 3.63) is 0 Å². The van der Waals surface area contributed by atoms with Gasteiger partial charge in [0.2, 0.25) is 0 Å². The van der Waals surface area contributed by atoms with Crippen LogP contribution in [0.5, 0.6) is 0 Å². The van der Waals surface area contributed by atoms with Crippen LogP contribution in [-0.2, 0) is 28.6 Å². The molecule has 0 radical (unpaired) electrons. The van der Waals surface area contributed by atoms with Crippen molar-refractivity contribution in [2.45, 2.75) is 251 Å². The Kier molecular flexibility index (Phi) is 34.7. The average molecular weight is 752 g/mol. The third kappa shape index (κ3) is 30.3. The maximum atomic E-state index is 12.4. The normalized spacial score (nSPS) is 14.3. The molecule has 1 aliphatic heterocycles. The molecule has 312 valence electrons. The summed E-state index contributed by atoms with van der Waals surface area (Å²) in [5.74, 6) is -1.06. The molecule has 8 nitrogen and oxygen atoms in total. The van der Waals surface area contributed by atoms with Crippen molar-refractivity contribution in [2.24, 2.45) is 0 Å². The molecule has 53 heavy (non-hydrogen) atoms. The summed E-state index contributed by atoms with van der Waals surface area (Å²) >= 11 is 0. The van der Waals surface area contributed by atoms with Crippen LogP contribution >= 0.6 is 0 Å². The topological polar surface area (TPSA) is 91.4 Å². The van der Waals surface area contributed by atoms with Gasteiger partial charge in [0.05, 0.1) is 6.61 Å². The molecule has 0 saturated carbocycles. The zero-order valence-electron chi connectivity index (χ0n) is 35.1. The van der Waals surface area contributed by atoms with E-state index in [2.05, 4.69) is 13.8 Å². The Morgan fingerprint density at radius 2 is 0.830 bits per heavy atom. The van der Waals surface area contributed by atoms with Crippen molar-refractivity contribution in [2.75, 3.05) is 19.8 Å². The third-order valence-electron chi connectivity index (χ3n) is 10.7. The van der Waals surface area contributed by atoms with Gasteiger partial charge in [-0.05, 0) is 19.8 Å². The second kappa shape index (κ2) is 37.3. The summed E-state index contributed by atoms with van der Waals surface area (Å²) in [6, 6.07) is 0. The number of ether oxygens (including phenoxy) is 3. The first-order valence-electron chi connectivity index (χ1n) is 22.9. The predicted octanol–water partition coefficient (Wildman–Crippen LogP) is 13.5. The highest BCUT2D eigenvalue weighted by molar-refractivity contribution is 6.01. The molecule has 8 heteroatoms. The lowest BCUT2D eigenvalue weighted by molar-refractivity contribution is -0.181. The van der Waals surface area contributed by atoms with Crippen LogP contribution in [0.2, 0.25) is 0 Å². The Morgan fingerprint density at radius 3 is 1.19 bits per heavy atom. The zero-order chi connectivity index (χ0) is 38.5. The molecule has 0 bridgehead atoms. The van der Waals surface area contributed by atoms with E-state index in [9.17, 15) is 14.4 Å². The zero-order valence-corrected chi connectivity index (χ0v) is 35.1. The molecular weight excluding hydrogens is 666 g/mol. The van der Waals surface area contributed by atoms with Crippen molar-refractivity contribution in [1.29, 1.82) is 0 Å². The molecule has 0 aromatic rings. The van der Waals surface area contributed by atoms with E-state index in [1.54, 1.807) is 6.92 Å². The molecule has 1 saturated heterocycles. The number of nitrogens with zero attached hydrogens (tertiary/aromatic N) is 1. The van der Waals surface area contributed by atoms with Crippen LogP contribution in [0.4, 0.5) is 4.79 Å². The minimum Gasteiger partial charge on any atom is -0.427 e. The lowest BCUT2D eigenvalue weighted by Gasteiger charge is -2.24. The number of hydroxylamine groups is 2. The van der Waals surface area contributed by atoms with Crippen LogP contribution in [0.15, 0.2) is 0 Å². The van der Waals surface area contributed by atoms with Crippen LogP contribution in [0.25, 0.3) is 0 Å². The van der Waals surface area contributed by atoms with Crippen LogP contribution in [0.1, 0.15) is 239 Å². The first-order chi connectivity index (χ1) is 26.0. The number of carbonyl (C=O) groups is 3. The maximum absolute atomic E-state index is 12.4. The summed E-state index contributed by atoms with van der Waals surface area (Å²) in [7, 11) is 0. The van der Waals surface area contributed by atoms with Crippen LogP contribution in [0.3, 0.4) is 0 Å². The molecule has 0 aromatic carbocycles. The van der Waals surface area contributed by atoms with Gasteiger partial charge in [0.1, 0.15) is 12.2 Å². The summed E-state index contributed by atoms with van der Waals surface area (Å²) in [6.07, 6.45) is 40.3. The van der Waals surface area contributed by atoms with E-state index in [0.29, 0.717) is 24.9 Å². The van der Waals surface area contributed by atoms with Gasteiger partial charge in [0.25, 0.3) is 11.8 Å². The molecule has 0 aliphatic carbocycles. The number of rotatable bonds is 40. The Labute approximate surface area is 326 Å². The Morgan fingerprint density at radius 1 is 0.509 bits per heavy atom. The van der Waals surface area contributed by atoms with Gasteiger partial charge in [0.15, 0.2) is 0 Å². The number of carbonyl (C=O) groups excluding carboxylic acids is 3. The van der Waals surface area contributed by atoms with Crippen molar-refractivity contribution >= 4 is 18.0 Å². The van der Waals surface area contributed by atoms with Gasteiger partial charge in [-0.2, -0.15) is 0 Å². The quantitative estimate of drug-likeness (QED) is 0.0350. The fourth-order valence-electron chi connectivity index (χ4n) is 7.14. The van der Waals surface area contributed by atoms with Gasteiger partial charge in [-0.15, -0.1) is 0 Å². The minimum absolute atomic E-state index is 0.0416. The lowest BCUT2D eigenvalue weighted by Crippen LogP contribution is -2.38. The van der Waals surface area contributed by atoms with Crippen molar-refractivity contribution in [1.82, 2.24) is 5.06 Å². The largest absolute Gasteiger partial charge is 0.534 e. The third-order valence-corrected chi connectivity index (χ3v) is 10.7. The summed E-state index contributed by atoms with van der Waals surface area (Å²) in [4.78, 5) is 41.0. The van der Waals surface area contributed by atoms with Gasteiger partial charge >= 0.3 is 6.16 Å². The van der Waals surface area contributed by atoms with Gasteiger partial charge < -0.3 is 14.2 Å². The minimum atomic E-state index is -1.07. The van der Waals surface area contributed by atoms with E-state index < -0.39 is 30.2 Å². The van der Waals surface area contributed by atoms with E-state index in [0.717, 1.165) is 25.7 Å². The highest BCUT2D eigenvalue weighted by atomic mass is 16.8. The molecule has 1 rings (SSSR count). The van der Waals surface area contributed by atoms with E-state index in [1.165, 1.54) is 180 Å². The predicted molar refractivity (Wildman–Crippen MR) is 218 cm³/mol. The highest BCUT2D eigenvalue weighted by Crippen LogP contribution is 2.17. The molecule has 2 unspecified atom stereocenters. The lowest BCUT2D eigenvalue weighted by atomic mass is 10.0. The smallest absolute Gasteiger partial charge is 0.427 e. The maximum Gasteiger partial charge on any atom is 0.534 e. The Balaban J connectivity index is 2.17. The number of amides is 2. The number of imide groups is 1. The van der Waals surface area contributed by atoms with Gasteiger partial charge in [-0.3, -0.25) is 14.4 Å². The van der Waals surface area contributed by atoms with Gasteiger partial charge in [0, 0.05) is 26.1 Å². The molecule has 0 N–H and O–H groups in total. The van der Waals surface area contributed by atoms with E-state index in [-0.39, 0.29) is 12.8 Å². The summed E-state index contributed by atoms with van der Waals surface area (Å²) in [5.41, 5.74) is 0. The average Bonchev–Trinajstić information content (AvgIpc) is 3.46. The molecule has 0 spiro atoms. The second-order valence-corrected chi connectivity index (χ2v) is 15.8. The second-order valence-electron chi connectivity index (χ2n) is 15.8. The molecule has 2 amide bonds. The number of unbranched alkanes of at least 4 members (excludes halogenated alkanes) is 30. The van der Waals surface area contributed by atoms with E-state index in [4.69, 9.17) is 19.0 Å². The monoisotopic (exact) mass is 752 g/mol.